The summed E-state index contributed by atoms with van der Waals surface area (Å²) in [4.78, 5) is 4.74. The highest BCUT2D eigenvalue weighted by atomic mass is 32.1. The van der Waals surface area contributed by atoms with Gasteiger partial charge in [-0.1, -0.05) is 49.5 Å². The molecule has 0 radical (unpaired) electrons. The number of benzene rings is 1. The molecule has 3 nitrogen and oxygen atoms in total. The molecule has 0 aliphatic carbocycles. The number of thiazole rings is 1. The molecule has 0 saturated carbocycles. The van der Waals surface area contributed by atoms with Crippen LogP contribution in [-0.2, 0) is 5.41 Å². The van der Waals surface area contributed by atoms with Crippen LogP contribution in [0.1, 0.15) is 26.5 Å². The van der Waals surface area contributed by atoms with Crippen molar-refractivity contribution in [3.8, 4) is 21.8 Å². The fourth-order valence-corrected chi connectivity index (χ4v) is 3.34. The van der Waals surface area contributed by atoms with Gasteiger partial charge < -0.3 is 0 Å². The van der Waals surface area contributed by atoms with E-state index in [1.54, 1.807) is 11.3 Å². The fraction of sp³-hybridized carbons (Fsp3) is 0.267. The molecular formula is C15H15N3S2. The van der Waals surface area contributed by atoms with Crippen LogP contribution in [0.4, 0.5) is 0 Å². The zero-order chi connectivity index (χ0) is 14.2. The highest BCUT2D eigenvalue weighted by Crippen LogP contribution is 2.30. The minimum atomic E-state index is 0.0982. The first-order valence-electron chi connectivity index (χ1n) is 6.38. The van der Waals surface area contributed by atoms with Crippen LogP contribution in [0, 0.1) is 0 Å². The molecule has 0 saturated heterocycles. The highest BCUT2D eigenvalue weighted by molar-refractivity contribution is 7.13. The Kier molecular flexibility index (Phi) is 3.40. The Morgan fingerprint density at radius 1 is 0.950 bits per heavy atom. The van der Waals surface area contributed by atoms with Crippen molar-refractivity contribution in [1.82, 2.24) is 14.6 Å². The van der Waals surface area contributed by atoms with Crippen LogP contribution in [-0.4, -0.2) is 14.6 Å². The zero-order valence-electron chi connectivity index (χ0n) is 11.6. The first-order valence-corrected chi connectivity index (χ1v) is 8.09. The summed E-state index contributed by atoms with van der Waals surface area (Å²) in [6.45, 7) is 6.55. The lowest BCUT2D eigenvalue weighted by atomic mass is 9.93. The van der Waals surface area contributed by atoms with Gasteiger partial charge in [0.05, 0.1) is 5.69 Å². The topological polar surface area (TPSA) is 38.7 Å². The Morgan fingerprint density at radius 2 is 1.65 bits per heavy atom. The predicted molar refractivity (Wildman–Crippen MR) is 85.2 cm³/mol. The lowest BCUT2D eigenvalue weighted by Gasteiger charge is -2.14. The second-order valence-electron chi connectivity index (χ2n) is 5.66. The smallest absolute Gasteiger partial charge is 0.123 e. The summed E-state index contributed by atoms with van der Waals surface area (Å²) in [5, 5.41) is 9.25. The molecule has 0 spiro atoms. The van der Waals surface area contributed by atoms with Gasteiger partial charge in [0.1, 0.15) is 10.7 Å². The second kappa shape index (κ2) is 5.07. The van der Waals surface area contributed by atoms with Crippen molar-refractivity contribution in [2.24, 2.45) is 0 Å². The molecule has 5 heteroatoms. The predicted octanol–water partition coefficient (Wildman–Crippen LogP) is 4.63. The maximum Gasteiger partial charge on any atom is 0.123 e. The van der Waals surface area contributed by atoms with E-state index in [1.165, 1.54) is 11.5 Å². The third-order valence-electron chi connectivity index (χ3n) is 3.06. The summed E-state index contributed by atoms with van der Waals surface area (Å²) < 4.78 is 3.89. The summed E-state index contributed by atoms with van der Waals surface area (Å²) in [5.74, 6) is 0. The van der Waals surface area contributed by atoms with Crippen LogP contribution in [0.2, 0.25) is 0 Å². The van der Waals surface area contributed by atoms with Gasteiger partial charge in [0.25, 0.3) is 0 Å². The van der Waals surface area contributed by atoms with Crippen LogP contribution < -0.4 is 0 Å². The van der Waals surface area contributed by atoms with Crippen molar-refractivity contribution in [1.29, 1.82) is 0 Å². The van der Waals surface area contributed by atoms with E-state index < -0.39 is 0 Å². The molecule has 0 fully saturated rings. The molecule has 0 bridgehead atoms. The van der Waals surface area contributed by atoms with Crippen molar-refractivity contribution in [2.75, 3.05) is 0 Å². The van der Waals surface area contributed by atoms with E-state index in [0.717, 1.165) is 27.5 Å². The van der Waals surface area contributed by atoms with E-state index in [1.807, 2.05) is 5.38 Å². The second-order valence-corrected chi connectivity index (χ2v) is 7.12. The maximum atomic E-state index is 4.74. The minimum absolute atomic E-state index is 0.0982. The Morgan fingerprint density at radius 3 is 2.20 bits per heavy atom. The molecular weight excluding hydrogens is 286 g/mol. The molecule has 2 aromatic heterocycles. The Bertz CT molecular complexity index is 692. The SMILES string of the molecule is CC(C)(C)c1csc(-c2ccc(-c3csnn3)cc2)n1. The molecule has 20 heavy (non-hydrogen) atoms. The third-order valence-corrected chi connectivity index (χ3v) is 4.46. The van der Waals surface area contributed by atoms with E-state index in [0.29, 0.717) is 0 Å². The number of nitrogens with zero attached hydrogens (tertiary/aromatic N) is 3. The molecule has 3 rings (SSSR count). The monoisotopic (exact) mass is 301 g/mol. The summed E-state index contributed by atoms with van der Waals surface area (Å²) in [6, 6.07) is 8.34. The Hall–Kier alpha value is -1.59. The van der Waals surface area contributed by atoms with Crippen LogP contribution in [0.15, 0.2) is 35.0 Å². The van der Waals surface area contributed by atoms with Gasteiger partial charge in [0.15, 0.2) is 0 Å². The van der Waals surface area contributed by atoms with E-state index in [2.05, 4.69) is 60.0 Å². The molecule has 0 aliphatic rings. The van der Waals surface area contributed by atoms with E-state index >= 15 is 0 Å². The van der Waals surface area contributed by atoms with E-state index in [-0.39, 0.29) is 5.41 Å². The quantitative estimate of drug-likeness (QED) is 0.693. The lowest BCUT2D eigenvalue weighted by molar-refractivity contribution is 0.573. The minimum Gasteiger partial charge on any atom is -0.241 e. The van der Waals surface area contributed by atoms with Gasteiger partial charge >= 0.3 is 0 Å². The van der Waals surface area contributed by atoms with E-state index in [4.69, 9.17) is 4.98 Å². The molecule has 102 valence electrons. The Labute approximate surface area is 126 Å². The average Bonchev–Trinajstić information content (AvgIpc) is 3.10. The summed E-state index contributed by atoms with van der Waals surface area (Å²) in [6.07, 6.45) is 0. The Balaban J connectivity index is 1.90. The van der Waals surface area contributed by atoms with Crippen LogP contribution in [0.25, 0.3) is 21.8 Å². The summed E-state index contributed by atoms with van der Waals surface area (Å²) in [7, 11) is 0. The van der Waals surface area contributed by atoms with Gasteiger partial charge in [0, 0.05) is 27.3 Å². The van der Waals surface area contributed by atoms with Gasteiger partial charge in [-0.3, -0.25) is 0 Å². The molecule has 3 aromatic rings. The number of aromatic nitrogens is 3. The molecule has 0 atom stereocenters. The molecule has 1 aromatic carbocycles. The number of hydrogen-bond donors (Lipinski definition) is 0. The largest absolute Gasteiger partial charge is 0.241 e. The van der Waals surface area contributed by atoms with Gasteiger partial charge in [0.2, 0.25) is 0 Å². The lowest BCUT2D eigenvalue weighted by Crippen LogP contribution is -2.11. The highest BCUT2D eigenvalue weighted by Gasteiger charge is 2.17. The van der Waals surface area contributed by atoms with Crippen molar-refractivity contribution >= 4 is 22.9 Å². The summed E-state index contributed by atoms with van der Waals surface area (Å²) in [5.41, 5.74) is 4.41. The average molecular weight is 301 g/mol. The first kappa shape index (κ1) is 13.4. The normalized spacial score (nSPS) is 11.8. The number of rotatable bonds is 2. The third kappa shape index (κ3) is 2.64. The van der Waals surface area contributed by atoms with Crippen molar-refractivity contribution in [3.63, 3.8) is 0 Å². The van der Waals surface area contributed by atoms with E-state index in [9.17, 15) is 0 Å². The maximum absolute atomic E-state index is 4.74. The molecule has 0 N–H and O–H groups in total. The fourth-order valence-electron chi connectivity index (χ4n) is 1.82. The molecule has 0 aliphatic heterocycles. The van der Waals surface area contributed by atoms with Crippen molar-refractivity contribution < 1.29 is 0 Å². The van der Waals surface area contributed by atoms with Gasteiger partial charge in [-0.05, 0) is 11.5 Å². The zero-order valence-corrected chi connectivity index (χ0v) is 13.3. The number of hydrogen-bond acceptors (Lipinski definition) is 5. The summed E-state index contributed by atoms with van der Waals surface area (Å²) >= 11 is 3.07. The van der Waals surface area contributed by atoms with Crippen LogP contribution >= 0.6 is 22.9 Å². The van der Waals surface area contributed by atoms with Crippen LogP contribution in [0.3, 0.4) is 0 Å². The first-order chi connectivity index (χ1) is 9.54. The molecule has 0 unspecified atom stereocenters. The molecule has 0 amide bonds. The van der Waals surface area contributed by atoms with Crippen LogP contribution in [0.5, 0.6) is 0 Å². The standard InChI is InChI=1S/C15H15N3S2/c1-15(2,3)13-9-19-14(16-13)11-6-4-10(5-7-11)12-8-20-18-17-12/h4-9H,1-3H3. The van der Waals surface area contributed by atoms with Gasteiger partial charge in [-0.2, -0.15) is 0 Å². The van der Waals surface area contributed by atoms with Gasteiger partial charge in [-0.25, -0.2) is 4.98 Å². The van der Waals surface area contributed by atoms with Crippen molar-refractivity contribution in [3.05, 3.63) is 40.7 Å². The molecule has 2 heterocycles. The van der Waals surface area contributed by atoms with Gasteiger partial charge in [-0.15, -0.1) is 16.4 Å². The van der Waals surface area contributed by atoms with Crippen molar-refractivity contribution in [2.45, 2.75) is 26.2 Å².